The van der Waals surface area contributed by atoms with E-state index >= 15 is 0 Å². The lowest BCUT2D eigenvalue weighted by atomic mass is 10.8. The van der Waals surface area contributed by atoms with E-state index in [1.54, 1.807) is 12.3 Å². The number of nitrogens with zero attached hydrogens (tertiary/aromatic N) is 2. The Morgan fingerprint density at radius 2 is 2.38 bits per heavy atom. The van der Waals surface area contributed by atoms with Crippen molar-refractivity contribution in [3.63, 3.8) is 0 Å². The van der Waals surface area contributed by atoms with Gasteiger partial charge in [-0.2, -0.15) is 4.79 Å². The molecule has 0 saturated heterocycles. The highest BCUT2D eigenvalue weighted by Crippen LogP contribution is 1.98. The molecule has 1 heterocycles. The fraction of sp³-hybridized carbons (Fsp3) is 0. The molecule has 0 saturated carbocycles. The van der Waals surface area contributed by atoms with Crippen LogP contribution in [0.2, 0.25) is 5.15 Å². The van der Waals surface area contributed by atoms with Crippen LogP contribution < -0.4 is 12.0 Å². The molecule has 0 aliphatic carbocycles. The lowest BCUT2D eigenvalue weighted by molar-refractivity contribution is 0.832. The Kier molecular flexibility index (Phi) is 2.30. The number of hydrogen-bond donors (Lipinski definition) is 2. The van der Waals surface area contributed by atoms with Gasteiger partial charge in [-0.15, -0.1) is 5.10 Å². The van der Waals surface area contributed by atoms with E-state index in [0.717, 1.165) is 4.79 Å². The molecule has 0 aliphatic rings. The summed E-state index contributed by atoms with van der Waals surface area (Å²) in [5.74, 6) is 5.10. The van der Waals surface area contributed by atoms with Gasteiger partial charge in [0.1, 0.15) is 0 Å². The van der Waals surface area contributed by atoms with Gasteiger partial charge in [0.2, 0.25) is 0 Å². The van der Waals surface area contributed by atoms with Crippen molar-refractivity contribution in [1.82, 2.24) is 16.0 Å². The Bertz CT molecular complexity index is 144. The summed E-state index contributed by atoms with van der Waals surface area (Å²) in [6, 6.07) is 1.61. The molecular weight excluding hydrogens is 128 g/mol. The summed E-state index contributed by atoms with van der Waals surface area (Å²) in [6.07, 6.45) is 1.57. The topological polar surface area (TPSA) is 78.8 Å². The molecule has 1 aromatic rings. The molecular formula is C3H7ClN4. The second-order valence-electron chi connectivity index (χ2n) is 1.12. The van der Waals surface area contributed by atoms with Crippen molar-refractivity contribution in [3.05, 3.63) is 17.4 Å². The minimum atomic E-state index is 0. The quantitative estimate of drug-likeness (QED) is 0.505. The molecule has 5 heteroatoms. The Morgan fingerprint density at radius 1 is 1.75 bits per heavy atom. The molecule has 0 spiro atoms. The zero-order valence-electron chi connectivity index (χ0n) is 4.21. The molecule has 0 atom stereocenters. The van der Waals surface area contributed by atoms with Crippen molar-refractivity contribution >= 4 is 11.6 Å². The van der Waals surface area contributed by atoms with E-state index in [1.807, 2.05) is 0 Å². The summed E-state index contributed by atoms with van der Waals surface area (Å²) < 4.78 is 0. The molecule has 0 fully saturated rings. The maximum absolute atomic E-state index is 5.35. The number of aromatic nitrogens is 2. The van der Waals surface area contributed by atoms with E-state index in [0.29, 0.717) is 5.15 Å². The molecule has 0 unspecified atom stereocenters. The standard InChI is InChI=1S/C3H4ClN3.H3N/c4-3-1-2-7(5)6-3;/h1-2H,5H2;1H3. The number of nitrogens with two attached hydrogens (primary N) is 1. The van der Waals surface area contributed by atoms with Crippen molar-refractivity contribution in [2.24, 2.45) is 0 Å². The van der Waals surface area contributed by atoms with Crippen LogP contribution in [-0.2, 0) is 0 Å². The predicted molar refractivity (Wildman–Crippen MR) is 32.4 cm³/mol. The molecule has 0 aromatic carbocycles. The van der Waals surface area contributed by atoms with Crippen LogP contribution in [0.4, 0.5) is 0 Å². The first kappa shape index (κ1) is 7.26. The van der Waals surface area contributed by atoms with Crippen LogP contribution in [-0.4, -0.2) is 9.89 Å². The van der Waals surface area contributed by atoms with Gasteiger partial charge in [-0.3, -0.25) is 0 Å². The van der Waals surface area contributed by atoms with Gasteiger partial charge < -0.3 is 12.0 Å². The zero-order chi connectivity index (χ0) is 5.28. The average Bonchev–Trinajstić information content (AvgIpc) is 1.87. The van der Waals surface area contributed by atoms with Gasteiger partial charge in [-0.1, -0.05) is 11.6 Å². The van der Waals surface area contributed by atoms with Crippen LogP contribution in [0, 0.1) is 0 Å². The first-order valence-corrected chi connectivity index (χ1v) is 2.13. The summed E-state index contributed by atoms with van der Waals surface area (Å²) in [6.45, 7) is 0. The number of nitrogen functional groups attached to an aromatic ring is 1. The van der Waals surface area contributed by atoms with E-state index < -0.39 is 0 Å². The Balaban J connectivity index is 0.000000490. The Morgan fingerprint density at radius 3 is 2.50 bits per heavy atom. The first-order chi connectivity index (χ1) is 3.29. The molecule has 1 rings (SSSR count). The summed E-state index contributed by atoms with van der Waals surface area (Å²) >= 11 is 5.35. The Hall–Kier alpha value is -0.740. The minimum Gasteiger partial charge on any atom is -0.344 e. The highest BCUT2D eigenvalue weighted by molar-refractivity contribution is 6.29. The van der Waals surface area contributed by atoms with Gasteiger partial charge in [0.05, 0.1) is 0 Å². The molecule has 0 amide bonds. The predicted octanol–water partition coefficient (Wildman–Crippen LogP) is 0.412. The lowest BCUT2D eigenvalue weighted by Crippen LogP contribution is -2.07. The van der Waals surface area contributed by atoms with Gasteiger partial charge >= 0.3 is 0 Å². The average molecular weight is 135 g/mol. The number of halogens is 1. The molecule has 5 N–H and O–H groups in total. The van der Waals surface area contributed by atoms with Crippen molar-refractivity contribution in [3.8, 4) is 0 Å². The van der Waals surface area contributed by atoms with Crippen LogP contribution in [0.15, 0.2) is 12.3 Å². The van der Waals surface area contributed by atoms with Crippen molar-refractivity contribution in [2.75, 3.05) is 5.84 Å². The van der Waals surface area contributed by atoms with Crippen molar-refractivity contribution in [1.29, 1.82) is 0 Å². The first-order valence-electron chi connectivity index (χ1n) is 1.75. The van der Waals surface area contributed by atoms with E-state index in [9.17, 15) is 0 Å². The monoisotopic (exact) mass is 134 g/mol. The van der Waals surface area contributed by atoms with Crippen LogP contribution in [0.3, 0.4) is 0 Å². The molecule has 4 nitrogen and oxygen atoms in total. The van der Waals surface area contributed by atoms with Gasteiger partial charge in [-0.05, 0) is 6.07 Å². The third kappa shape index (κ3) is 1.40. The summed E-state index contributed by atoms with van der Waals surface area (Å²) in [5.41, 5.74) is 0. The number of hydrogen-bond acceptors (Lipinski definition) is 3. The second kappa shape index (κ2) is 2.54. The number of rotatable bonds is 0. The van der Waals surface area contributed by atoms with Crippen LogP contribution in [0.1, 0.15) is 0 Å². The largest absolute Gasteiger partial charge is 0.344 e. The smallest absolute Gasteiger partial charge is 0.153 e. The SMILES string of the molecule is N.Nn1ccc(Cl)n1. The van der Waals surface area contributed by atoms with E-state index in [-0.39, 0.29) is 6.15 Å². The van der Waals surface area contributed by atoms with Gasteiger partial charge in [0.15, 0.2) is 5.15 Å². The zero-order valence-corrected chi connectivity index (χ0v) is 4.97. The van der Waals surface area contributed by atoms with E-state index in [1.165, 1.54) is 0 Å². The molecule has 46 valence electrons. The molecule has 0 bridgehead atoms. The van der Waals surface area contributed by atoms with E-state index in [4.69, 9.17) is 17.4 Å². The Labute approximate surface area is 51.8 Å². The summed E-state index contributed by atoms with van der Waals surface area (Å²) in [7, 11) is 0. The van der Waals surface area contributed by atoms with E-state index in [2.05, 4.69) is 5.10 Å². The van der Waals surface area contributed by atoms with Gasteiger partial charge in [-0.25, -0.2) is 0 Å². The third-order valence-electron chi connectivity index (χ3n) is 0.576. The normalized spacial score (nSPS) is 8.12. The molecule has 1 aromatic heterocycles. The van der Waals surface area contributed by atoms with Crippen molar-refractivity contribution < 1.29 is 0 Å². The maximum atomic E-state index is 5.35. The van der Waals surface area contributed by atoms with Crippen molar-refractivity contribution in [2.45, 2.75) is 0 Å². The van der Waals surface area contributed by atoms with Crippen LogP contribution in [0.5, 0.6) is 0 Å². The molecule has 0 aliphatic heterocycles. The highest BCUT2D eigenvalue weighted by atomic mass is 35.5. The fourth-order valence-corrected chi connectivity index (χ4v) is 0.458. The highest BCUT2D eigenvalue weighted by Gasteiger charge is 1.85. The molecule has 8 heavy (non-hydrogen) atoms. The van der Waals surface area contributed by atoms with Gasteiger partial charge in [0.25, 0.3) is 0 Å². The van der Waals surface area contributed by atoms with Gasteiger partial charge in [0, 0.05) is 6.20 Å². The fourth-order valence-electron chi connectivity index (χ4n) is 0.315. The summed E-state index contributed by atoms with van der Waals surface area (Å²) in [5, 5.41) is 3.99. The minimum absolute atomic E-state index is 0. The molecule has 0 radical (unpaired) electrons. The third-order valence-corrected chi connectivity index (χ3v) is 0.777. The van der Waals surface area contributed by atoms with Crippen LogP contribution in [0.25, 0.3) is 0 Å². The van der Waals surface area contributed by atoms with Crippen LogP contribution >= 0.6 is 11.6 Å². The maximum Gasteiger partial charge on any atom is 0.153 e. The lowest BCUT2D eigenvalue weighted by Gasteiger charge is -1.80. The summed E-state index contributed by atoms with van der Waals surface area (Å²) in [4.78, 5) is 1.16. The second-order valence-corrected chi connectivity index (χ2v) is 1.51.